The van der Waals surface area contributed by atoms with Gasteiger partial charge in [0, 0.05) is 5.56 Å². The van der Waals surface area contributed by atoms with Gasteiger partial charge in [0.05, 0.1) is 25.7 Å². The van der Waals surface area contributed by atoms with Gasteiger partial charge in [0.2, 0.25) is 0 Å². The zero-order valence-electron chi connectivity index (χ0n) is 16.2. The summed E-state index contributed by atoms with van der Waals surface area (Å²) in [6.07, 6.45) is 2.01. The molecule has 0 aromatic heterocycles. The number of benzene rings is 2. The van der Waals surface area contributed by atoms with Crippen LogP contribution in [0.5, 0.6) is 11.5 Å². The molecular weight excluding hydrogens is 390 g/mol. The highest BCUT2D eigenvalue weighted by molar-refractivity contribution is 7.80. The van der Waals surface area contributed by atoms with Crippen molar-refractivity contribution >= 4 is 29.1 Å². The molecule has 0 aliphatic carbocycles. The molecule has 0 radical (unpaired) electrons. The fourth-order valence-electron chi connectivity index (χ4n) is 3.19. The van der Waals surface area contributed by atoms with Crippen LogP contribution in [0.4, 0.5) is 0 Å². The van der Waals surface area contributed by atoms with Crippen LogP contribution in [0.1, 0.15) is 33.8 Å². The van der Waals surface area contributed by atoms with E-state index in [1.165, 1.54) is 12.0 Å². The van der Waals surface area contributed by atoms with E-state index in [1.54, 1.807) is 49.6 Å². The minimum Gasteiger partial charge on any atom is -0.493 e. The molecule has 150 valence electrons. The SMILES string of the molecule is C=CCC(C(=O)OCN1C(=O)c2ccccc2C1=S)c1ccc(OC)c(OC)c1. The molecule has 1 amide bonds. The van der Waals surface area contributed by atoms with Gasteiger partial charge in [-0.2, -0.15) is 0 Å². The Morgan fingerprint density at radius 3 is 2.45 bits per heavy atom. The number of carbonyl (C=O) groups is 2. The van der Waals surface area contributed by atoms with Crippen LogP contribution in [0, 0.1) is 0 Å². The highest BCUT2D eigenvalue weighted by Gasteiger charge is 2.33. The summed E-state index contributed by atoms with van der Waals surface area (Å²) in [5.74, 6) is -0.277. The molecule has 29 heavy (non-hydrogen) atoms. The van der Waals surface area contributed by atoms with E-state index >= 15 is 0 Å². The number of thiocarbonyl (C=S) groups is 1. The summed E-state index contributed by atoms with van der Waals surface area (Å²) >= 11 is 5.36. The number of hydrogen-bond acceptors (Lipinski definition) is 6. The zero-order valence-corrected chi connectivity index (χ0v) is 17.0. The third kappa shape index (κ3) is 4.00. The lowest BCUT2D eigenvalue weighted by atomic mass is 9.95. The molecule has 1 unspecified atom stereocenters. The molecule has 2 aromatic carbocycles. The predicted molar refractivity (Wildman–Crippen MR) is 112 cm³/mol. The average Bonchev–Trinajstić information content (AvgIpc) is 3.00. The van der Waals surface area contributed by atoms with Crippen molar-refractivity contribution in [2.24, 2.45) is 0 Å². The minimum atomic E-state index is -0.596. The van der Waals surface area contributed by atoms with Crippen LogP contribution >= 0.6 is 12.2 Å². The van der Waals surface area contributed by atoms with Crippen molar-refractivity contribution in [3.05, 3.63) is 71.8 Å². The number of allylic oxidation sites excluding steroid dienone is 1. The molecule has 3 rings (SSSR count). The largest absolute Gasteiger partial charge is 0.493 e. The molecule has 0 bridgehead atoms. The molecule has 2 aromatic rings. The van der Waals surface area contributed by atoms with Crippen LogP contribution in [0.25, 0.3) is 0 Å². The Balaban J connectivity index is 1.75. The third-order valence-electron chi connectivity index (χ3n) is 4.71. The van der Waals surface area contributed by atoms with E-state index in [1.807, 2.05) is 6.07 Å². The van der Waals surface area contributed by atoms with E-state index < -0.39 is 11.9 Å². The maximum Gasteiger partial charge on any atom is 0.315 e. The summed E-state index contributed by atoms with van der Waals surface area (Å²) in [4.78, 5) is 27.0. The molecule has 1 atom stereocenters. The fraction of sp³-hybridized carbons (Fsp3) is 0.227. The second-order valence-corrected chi connectivity index (χ2v) is 6.75. The highest BCUT2D eigenvalue weighted by Crippen LogP contribution is 2.33. The van der Waals surface area contributed by atoms with Gasteiger partial charge in [0.15, 0.2) is 18.2 Å². The Morgan fingerprint density at radius 2 is 1.83 bits per heavy atom. The summed E-state index contributed by atoms with van der Waals surface area (Å²) in [6, 6.07) is 12.3. The van der Waals surface area contributed by atoms with Crippen LogP contribution in [0.15, 0.2) is 55.1 Å². The van der Waals surface area contributed by atoms with Gasteiger partial charge in [-0.05, 0) is 30.2 Å². The first-order valence-corrected chi connectivity index (χ1v) is 9.37. The van der Waals surface area contributed by atoms with Gasteiger partial charge in [0.1, 0.15) is 4.99 Å². The Bertz CT molecular complexity index is 936. The van der Waals surface area contributed by atoms with Gasteiger partial charge >= 0.3 is 5.97 Å². The standard InChI is InChI=1S/C22H21NO5S/c1-4-7-15(14-10-11-18(26-2)19(12-14)27-3)22(25)28-13-23-20(24)16-8-5-6-9-17(16)21(23)29/h4-6,8-12,15H,1,7,13H2,2-3H3. The van der Waals surface area contributed by atoms with Crippen molar-refractivity contribution in [1.82, 2.24) is 4.90 Å². The molecule has 0 spiro atoms. The first-order chi connectivity index (χ1) is 14.0. The molecule has 0 saturated carbocycles. The van der Waals surface area contributed by atoms with Crippen molar-refractivity contribution in [3.63, 3.8) is 0 Å². The van der Waals surface area contributed by atoms with Crippen molar-refractivity contribution in [2.75, 3.05) is 21.0 Å². The summed E-state index contributed by atoms with van der Waals surface area (Å²) in [5, 5.41) is 0. The summed E-state index contributed by atoms with van der Waals surface area (Å²) in [6.45, 7) is 3.48. The monoisotopic (exact) mass is 411 g/mol. The van der Waals surface area contributed by atoms with Crippen molar-refractivity contribution in [2.45, 2.75) is 12.3 Å². The average molecular weight is 411 g/mol. The van der Waals surface area contributed by atoms with Gasteiger partial charge in [-0.3, -0.25) is 14.5 Å². The Kier molecular flexibility index (Phi) is 6.29. The van der Waals surface area contributed by atoms with Crippen molar-refractivity contribution in [1.29, 1.82) is 0 Å². The number of methoxy groups -OCH3 is 2. The number of carbonyl (C=O) groups excluding carboxylic acids is 2. The van der Waals surface area contributed by atoms with Gasteiger partial charge in [-0.15, -0.1) is 6.58 Å². The lowest BCUT2D eigenvalue weighted by molar-refractivity contribution is -0.147. The summed E-state index contributed by atoms with van der Waals surface area (Å²) in [7, 11) is 3.07. The van der Waals surface area contributed by atoms with Gasteiger partial charge in [-0.25, -0.2) is 0 Å². The number of ether oxygens (including phenoxy) is 3. The van der Waals surface area contributed by atoms with Crippen molar-refractivity contribution in [3.8, 4) is 11.5 Å². The van der Waals surface area contributed by atoms with E-state index in [0.29, 0.717) is 39.6 Å². The second kappa shape index (κ2) is 8.87. The zero-order chi connectivity index (χ0) is 21.0. The number of rotatable bonds is 8. The summed E-state index contributed by atoms with van der Waals surface area (Å²) < 4.78 is 16.0. The normalized spacial score (nSPS) is 13.7. The van der Waals surface area contributed by atoms with Crippen LogP contribution in [-0.2, 0) is 9.53 Å². The first kappa shape index (κ1) is 20.5. The molecule has 1 heterocycles. The quantitative estimate of drug-likeness (QED) is 0.375. The molecule has 7 heteroatoms. The van der Waals surface area contributed by atoms with Crippen LogP contribution in [0.3, 0.4) is 0 Å². The Morgan fingerprint density at radius 1 is 1.14 bits per heavy atom. The molecule has 1 aliphatic rings. The molecule has 0 N–H and O–H groups in total. The van der Waals surface area contributed by atoms with E-state index in [4.69, 9.17) is 26.4 Å². The van der Waals surface area contributed by atoms with Crippen LogP contribution in [0.2, 0.25) is 0 Å². The van der Waals surface area contributed by atoms with Gasteiger partial charge in [0.25, 0.3) is 5.91 Å². The molecule has 6 nitrogen and oxygen atoms in total. The first-order valence-electron chi connectivity index (χ1n) is 8.96. The lowest BCUT2D eigenvalue weighted by Crippen LogP contribution is -2.33. The molecule has 0 fully saturated rings. The predicted octanol–water partition coefficient (Wildman–Crippen LogP) is 3.70. The summed E-state index contributed by atoms with van der Waals surface area (Å²) in [5.41, 5.74) is 1.88. The number of nitrogens with zero attached hydrogens (tertiary/aromatic N) is 1. The van der Waals surface area contributed by atoms with Gasteiger partial charge < -0.3 is 14.2 Å². The molecule has 1 aliphatic heterocycles. The molecule has 0 saturated heterocycles. The molecular formula is C22H21NO5S. The smallest absolute Gasteiger partial charge is 0.315 e. The van der Waals surface area contributed by atoms with E-state index in [2.05, 4.69) is 6.58 Å². The van der Waals surface area contributed by atoms with E-state index in [9.17, 15) is 9.59 Å². The second-order valence-electron chi connectivity index (χ2n) is 6.37. The maximum absolute atomic E-state index is 12.8. The third-order valence-corrected chi connectivity index (χ3v) is 5.15. The van der Waals surface area contributed by atoms with E-state index in [-0.39, 0.29) is 12.6 Å². The minimum absolute atomic E-state index is 0.244. The lowest BCUT2D eigenvalue weighted by Gasteiger charge is -2.20. The number of amides is 1. The number of hydrogen-bond donors (Lipinski definition) is 0. The van der Waals surface area contributed by atoms with E-state index in [0.717, 1.165) is 0 Å². The Labute approximate surface area is 174 Å². The van der Waals surface area contributed by atoms with Crippen LogP contribution in [-0.4, -0.2) is 42.7 Å². The fourth-order valence-corrected chi connectivity index (χ4v) is 3.50. The Hall–Kier alpha value is -3.19. The number of esters is 1. The topological polar surface area (TPSA) is 65.1 Å². The highest BCUT2D eigenvalue weighted by atomic mass is 32.1. The number of fused-ring (bicyclic) bond motifs is 1. The van der Waals surface area contributed by atoms with Gasteiger partial charge in [-0.1, -0.05) is 42.6 Å². The van der Waals surface area contributed by atoms with Crippen LogP contribution < -0.4 is 9.47 Å². The maximum atomic E-state index is 12.8. The van der Waals surface area contributed by atoms with Crippen molar-refractivity contribution < 1.29 is 23.8 Å².